The molecule has 0 unspecified atom stereocenters. The number of carbonyl (C=O) groups is 2. The fraction of sp³-hybridized carbons (Fsp3) is 0.176. The number of phenolic OH excluding ortho intramolecular Hbond substituents is 1. The maximum atomic E-state index is 12.2. The number of rotatable bonds is 1. The molecule has 0 spiro atoms. The van der Waals surface area contributed by atoms with Gasteiger partial charge in [-0.3, -0.25) is 9.59 Å². The fourth-order valence-electron chi connectivity index (χ4n) is 2.54. The van der Waals surface area contributed by atoms with Gasteiger partial charge in [-0.05, 0) is 41.8 Å². The normalized spacial score (nSPS) is 13.4. The summed E-state index contributed by atoms with van der Waals surface area (Å²) in [5.41, 5.74) is 2.79. The molecule has 1 aliphatic rings. The molecule has 2 aromatic rings. The molecule has 5 heteroatoms. The first-order valence-corrected chi connectivity index (χ1v) is 7.09. The topological polar surface area (TPSA) is 69.6 Å². The first-order chi connectivity index (χ1) is 10.6. The SMILES string of the molecule is O=C(Nc1ccc(O)cc1)C(=O)N1CCc2ccccc2C1. The number of benzene rings is 2. The zero-order chi connectivity index (χ0) is 15.5. The second kappa shape index (κ2) is 5.89. The van der Waals surface area contributed by atoms with Gasteiger partial charge < -0.3 is 15.3 Å². The van der Waals surface area contributed by atoms with Gasteiger partial charge >= 0.3 is 11.8 Å². The monoisotopic (exact) mass is 296 g/mol. The molecule has 2 N–H and O–H groups in total. The van der Waals surface area contributed by atoms with Gasteiger partial charge in [0.05, 0.1) is 0 Å². The number of aromatic hydroxyl groups is 1. The van der Waals surface area contributed by atoms with Crippen molar-refractivity contribution < 1.29 is 14.7 Å². The standard InChI is InChI=1S/C17H16N2O3/c20-15-7-5-14(6-8-15)18-16(21)17(22)19-10-9-12-3-1-2-4-13(12)11-19/h1-8,20H,9-11H2,(H,18,21). The van der Waals surface area contributed by atoms with Crippen LogP contribution in [0.5, 0.6) is 5.75 Å². The molecule has 0 aliphatic carbocycles. The number of hydrogen-bond acceptors (Lipinski definition) is 3. The van der Waals surface area contributed by atoms with E-state index in [0.29, 0.717) is 18.8 Å². The van der Waals surface area contributed by atoms with Crippen LogP contribution in [0.25, 0.3) is 0 Å². The van der Waals surface area contributed by atoms with Crippen molar-refractivity contribution in [3.05, 3.63) is 59.7 Å². The van der Waals surface area contributed by atoms with Crippen LogP contribution < -0.4 is 5.32 Å². The average molecular weight is 296 g/mol. The maximum absolute atomic E-state index is 12.2. The summed E-state index contributed by atoms with van der Waals surface area (Å²) < 4.78 is 0. The number of nitrogens with zero attached hydrogens (tertiary/aromatic N) is 1. The number of carbonyl (C=O) groups excluding carboxylic acids is 2. The minimum Gasteiger partial charge on any atom is -0.508 e. The molecule has 1 aliphatic heterocycles. The molecule has 5 nitrogen and oxygen atoms in total. The summed E-state index contributed by atoms with van der Waals surface area (Å²) >= 11 is 0. The third kappa shape index (κ3) is 2.93. The lowest BCUT2D eigenvalue weighted by Gasteiger charge is -2.28. The second-order valence-corrected chi connectivity index (χ2v) is 5.25. The fourth-order valence-corrected chi connectivity index (χ4v) is 2.54. The predicted molar refractivity (Wildman–Crippen MR) is 82.3 cm³/mol. The van der Waals surface area contributed by atoms with Gasteiger partial charge in [0.2, 0.25) is 0 Å². The van der Waals surface area contributed by atoms with Crippen LogP contribution in [-0.2, 0) is 22.6 Å². The Hall–Kier alpha value is -2.82. The summed E-state index contributed by atoms with van der Waals surface area (Å²) in [6.45, 7) is 0.997. The van der Waals surface area contributed by atoms with Gasteiger partial charge in [0, 0.05) is 18.8 Å². The van der Waals surface area contributed by atoms with Crippen LogP contribution in [0.1, 0.15) is 11.1 Å². The highest BCUT2D eigenvalue weighted by atomic mass is 16.3. The van der Waals surface area contributed by atoms with E-state index in [1.54, 1.807) is 17.0 Å². The zero-order valence-electron chi connectivity index (χ0n) is 12.0. The Bertz CT molecular complexity index is 710. The lowest BCUT2D eigenvalue weighted by atomic mass is 10.00. The highest BCUT2D eigenvalue weighted by Crippen LogP contribution is 2.19. The Morgan fingerprint density at radius 3 is 2.41 bits per heavy atom. The van der Waals surface area contributed by atoms with Gasteiger partial charge in [-0.1, -0.05) is 24.3 Å². The molecule has 0 atom stereocenters. The molecule has 0 saturated heterocycles. The summed E-state index contributed by atoms with van der Waals surface area (Å²) in [7, 11) is 0. The molecule has 0 saturated carbocycles. The van der Waals surface area contributed by atoms with Crippen molar-refractivity contribution in [2.75, 3.05) is 11.9 Å². The third-order valence-corrected chi connectivity index (χ3v) is 3.74. The van der Waals surface area contributed by atoms with E-state index in [1.807, 2.05) is 24.3 Å². The highest BCUT2D eigenvalue weighted by Gasteiger charge is 2.25. The first kappa shape index (κ1) is 14.1. The molecular formula is C17H16N2O3. The van der Waals surface area contributed by atoms with Crippen LogP contribution in [0.4, 0.5) is 5.69 Å². The van der Waals surface area contributed by atoms with Crippen LogP contribution in [-0.4, -0.2) is 28.4 Å². The number of nitrogens with one attached hydrogen (secondary N) is 1. The molecule has 3 rings (SSSR count). The number of anilines is 1. The van der Waals surface area contributed by atoms with Gasteiger partial charge in [0.15, 0.2) is 0 Å². The molecule has 22 heavy (non-hydrogen) atoms. The number of fused-ring (bicyclic) bond motifs is 1. The van der Waals surface area contributed by atoms with E-state index in [-0.39, 0.29) is 5.75 Å². The molecule has 0 radical (unpaired) electrons. The lowest BCUT2D eigenvalue weighted by Crippen LogP contribution is -2.42. The van der Waals surface area contributed by atoms with E-state index in [0.717, 1.165) is 12.0 Å². The smallest absolute Gasteiger partial charge is 0.313 e. The minimum absolute atomic E-state index is 0.108. The molecule has 2 amide bonds. The van der Waals surface area contributed by atoms with E-state index in [2.05, 4.69) is 5.32 Å². The molecule has 0 aromatic heterocycles. The van der Waals surface area contributed by atoms with Gasteiger partial charge in [-0.25, -0.2) is 0 Å². The highest BCUT2D eigenvalue weighted by molar-refractivity contribution is 6.39. The number of phenols is 1. The van der Waals surface area contributed by atoms with Gasteiger partial charge in [0.1, 0.15) is 5.75 Å². The van der Waals surface area contributed by atoms with Crippen molar-refractivity contribution in [2.45, 2.75) is 13.0 Å². The Morgan fingerprint density at radius 1 is 1.00 bits per heavy atom. The lowest BCUT2D eigenvalue weighted by molar-refractivity contribution is -0.143. The average Bonchev–Trinajstić information content (AvgIpc) is 2.55. The summed E-state index contributed by atoms with van der Waals surface area (Å²) in [4.78, 5) is 25.8. The number of hydrogen-bond donors (Lipinski definition) is 2. The zero-order valence-corrected chi connectivity index (χ0v) is 12.0. The Morgan fingerprint density at radius 2 is 1.68 bits per heavy atom. The first-order valence-electron chi connectivity index (χ1n) is 7.09. The van der Waals surface area contributed by atoms with Gasteiger partial charge in [-0.2, -0.15) is 0 Å². The Balaban J connectivity index is 1.67. The van der Waals surface area contributed by atoms with Gasteiger partial charge in [0.25, 0.3) is 0 Å². The maximum Gasteiger partial charge on any atom is 0.313 e. The van der Waals surface area contributed by atoms with Crippen LogP contribution >= 0.6 is 0 Å². The predicted octanol–water partition coefficient (Wildman–Crippen LogP) is 1.92. The van der Waals surface area contributed by atoms with E-state index in [1.165, 1.54) is 17.7 Å². The van der Waals surface area contributed by atoms with Crippen molar-refractivity contribution in [3.63, 3.8) is 0 Å². The van der Waals surface area contributed by atoms with Crippen LogP contribution in [0.15, 0.2) is 48.5 Å². The minimum atomic E-state index is -0.662. The Labute approximate surface area is 128 Å². The summed E-state index contributed by atoms with van der Waals surface area (Å²) in [6, 6.07) is 13.9. The molecule has 0 bridgehead atoms. The van der Waals surface area contributed by atoms with Crippen molar-refractivity contribution in [1.82, 2.24) is 4.90 Å². The molecular weight excluding hydrogens is 280 g/mol. The van der Waals surface area contributed by atoms with Crippen LogP contribution in [0.3, 0.4) is 0 Å². The van der Waals surface area contributed by atoms with Crippen LogP contribution in [0, 0.1) is 0 Å². The molecule has 2 aromatic carbocycles. The van der Waals surface area contributed by atoms with Crippen LogP contribution in [0.2, 0.25) is 0 Å². The largest absolute Gasteiger partial charge is 0.508 e. The summed E-state index contributed by atoms with van der Waals surface area (Å²) in [5.74, 6) is -1.09. The van der Waals surface area contributed by atoms with Gasteiger partial charge in [-0.15, -0.1) is 0 Å². The van der Waals surface area contributed by atoms with E-state index >= 15 is 0 Å². The van der Waals surface area contributed by atoms with E-state index in [9.17, 15) is 14.7 Å². The summed E-state index contributed by atoms with van der Waals surface area (Å²) in [6.07, 6.45) is 0.758. The number of amides is 2. The van der Waals surface area contributed by atoms with Crippen molar-refractivity contribution in [3.8, 4) is 5.75 Å². The van der Waals surface area contributed by atoms with Crippen molar-refractivity contribution in [1.29, 1.82) is 0 Å². The van der Waals surface area contributed by atoms with E-state index < -0.39 is 11.8 Å². The molecule has 1 heterocycles. The third-order valence-electron chi connectivity index (χ3n) is 3.74. The van der Waals surface area contributed by atoms with Crippen molar-refractivity contribution in [2.24, 2.45) is 0 Å². The summed E-state index contributed by atoms with van der Waals surface area (Å²) in [5, 5.41) is 11.8. The van der Waals surface area contributed by atoms with E-state index in [4.69, 9.17) is 0 Å². The van der Waals surface area contributed by atoms with Crippen molar-refractivity contribution >= 4 is 17.5 Å². The molecule has 112 valence electrons. The molecule has 0 fully saturated rings. The Kier molecular flexibility index (Phi) is 3.78. The second-order valence-electron chi connectivity index (χ2n) is 5.25. The quantitative estimate of drug-likeness (QED) is 0.624.